The van der Waals surface area contributed by atoms with Crippen molar-refractivity contribution in [3.05, 3.63) is 42.2 Å². The highest BCUT2D eigenvalue weighted by Gasteiger charge is 2.20. The van der Waals surface area contributed by atoms with Gasteiger partial charge in [0.15, 0.2) is 0 Å². The highest BCUT2D eigenvalue weighted by Crippen LogP contribution is 2.27. The fourth-order valence-corrected chi connectivity index (χ4v) is 4.16. The predicted molar refractivity (Wildman–Crippen MR) is 115 cm³/mol. The van der Waals surface area contributed by atoms with Crippen LogP contribution in [0.25, 0.3) is 21.2 Å². The van der Waals surface area contributed by atoms with Crippen molar-refractivity contribution in [2.75, 3.05) is 38.0 Å². The molecule has 7 heteroatoms. The maximum atomic E-state index is 12.5. The molecule has 1 aromatic carbocycles. The number of thiazole rings is 1. The molecule has 0 saturated carbocycles. The number of piperazine rings is 1. The molecule has 1 amide bonds. The van der Waals surface area contributed by atoms with Gasteiger partial charge in [0, 0.05) is 50.0 Å². The third-order valence-corrected chi connectivity index (χ3v) is 6.03. The van der Waals surface area contributed by atoms with Crippen molar-refractivity contribution in [3.63, 3.8) is 0 Å². The summed E-state index contributed by atoms with van der Waals surface area (Å²) in [6.07, 6.45) is 3.68. The van der Waals surface area contributed by atoms with Crippen molar-refractivity contribution in [2.24, 2.45) is 0 Å². The molecule has 1 aliphatic heterocycles. The number of rotatable bonds is 5. The minimum atomic E-state index is -0.0107. The van der Waals surface area contributed by atoms with Crippen LogP contribution in [-0.2, 0) is 4.79 Å². The van der Waals surface area contributed by atoms with Crippen LogP contribution in [0.2, 0.25) is 0 Å². The smallest absolute Gasteiger partial charge is 0.239 e. The normalized spacial score (nSPS) is 16.0. The first kappa shape index (κ1) is 19.0. The first-order valence-electron chi connectivity index (χ1n) is 9.63. The fraction of sp³-hybridized carbons (Fsp3) is 0.381. The molecule has 1 aliphatic rings. The van der Waals surface area contributed by atoms with Gasteiger partial charge in [-0.1, -0.05) is 12.1 Å². The number of aromatic nitrogens is 2. The number of nitrogens with one attached hydrogen (secondary N) is 1. The van der Waals surface area contributed by atoms with Gasteiger partial charge >= 0.3 is 0 Å². The Morgan fingerprint density at radius 2 is 1.96 bits per heavy atom. The second kappa shape index (κ2) is 8.34. The lowest BCUT2D eigenvalue weighted by molar-refractivity contribution is -0.117. The van der Waals surface area contributed by atoms with Crippen LogP contribution in [0.3, 0.4) is 0 Å². The van der Waals surface area contributed by atoms with Gasteiger partial charge in [-0.3, -0.25) is 19.6 Å². The number of fused-ring (bicyclic) bond motifs is 1. The van der Waals surface area contributed by atoms with Gasteiger partial charge in [0.1, 0.15) is 5.82 Å². The minimum Gasteiger partial charge on any atom is -0.310 e. The second-order valence-electron chi connectivity index (χ2n) is 7.45. The summed E-state index contributed by atoms with van der Waals surface area (Å²) in [5.41, 5.74) is 2.96. The number of hydrogen-bond donors (Lipinski definition) is 1. The van der Waals surface area contributed by atoms with Crippen LogP contribution >= 0.6 is 11.3 Å². The summed E-state index contributed by atoms with van der Waals surface area (Å²) in [6, 6.07) is 8.75. The molecular weight excluding hydrogens is 370 g/mol. The molecule has 3 aromatic rings. The molecule has 1 fully saturated rings. The summed E-state index contributed by atoms with van der Waals surface area (Å²) in [5, 5.41) is 5.06. The van der Waals surface area contributed by atoms with Crippen LogP contribution in [0.1, 0.15) is 13.8 Å². The third kappa shape index (κ3) is 4.38. The Kier molecular flexibility index (Phi) is 5.66. The highest BCUT2D eigenvalue weighted by molar-refractivity contribution is 7.13. The van der Waals surface area contributed by atoms with Gasteiger partial charge in [0.25, 0.3) is 0 Å². The molecule has 4 rings (SSSR count). The van der Waals surface area contributed by atoms with Crippen molar-refractivity contribution in [2.45, 2.75) is 19.9 Å². The van der Waals surface area contributed by atoms with Crippen molar-refractivity contribution in [3.8, 4) is 10.4 Å². The molecule has 0 spiro atoms. The SMILES string of the molecule is CC(C)N1CCN(CC(=O)Nc2cc3cc(-c4cncs4)ccc3cn2)CC1. The molecule has 1 N–H and O–H groups in total. The molecule has 6 nitrogen and oxygen atoms in total. The topological polar surface area (TPSA) is 61.4 Å². The Hall–Kier alpha value is -2.35. The molecular formula is C21H25N5OS. The van der Waals surface area contributed by atoms with E-state index in [4.69, 9.17) is 0 Å². The summed E-state index contributed by atoms with van der Waals surface area (Å²) >= 11 is 1.62. The predicted octanol–water partition coefficient (Wildman–Crippen LogP) is 3.32. The van der Waals surface area contributed by atoms with E-state index in [1.807, 2.05) is 24.0 Å². The molecule has 1 saturated heterocycles. The summed E-state index contributed by atoms with van der Waals surface area (Å²) < 4.78 is 0. The molecule has 0 atom stereocenters. The average molecular weight is 396 g/mol. The number of anilines is 1. The number of benzene rings is 1. The number of carbonyl (C=O) groups excluding carboxylic acids is 1. The first-order valence-corrected chi connectivity index (χ1v) is 10.5. The van der Waals surface area contributed by atoms with Crippen LogP contribution in [0, 0.1) is 0 Å². The number of hydrogen-bond acceptors (Lipinski definition) is 6. The average Bonchev–Trinajstić information content (AvgIpc) is 3.22. The van der Waals surface area contributed by atoms with Crippen molar-refractivity contribution >= 4 is 33.8 Å². The number of carbonyl (C=O) groups is 1. The second-order valence-corrected chi connectivity index (χ2v) is 8.34. The zero-order valence-corrected chi connectivity index (χ0v) is 17.1. The summed E-state index contributed by atoms with van der Waals surface area (Å²) in [5.74, 6) is 0.586. The molecule has 146 valence electrons. The third-order valence-electron chi connectivity index (χ3n) is 5.21. The molecule has 0 bridgehead atoms. The van der Waals surface area contributed by atoms with Gasteiger partial charge in [0.05, 0.1) is 16.9 Å². The minimum absolute atomic E-state index is 0.0107. The largest absolute Gasteiger partial charge is 0.310 e. The number of nitrogens with zero attached hydrogens (tertiary/aromatic N) is 4. The van der Waals surface area contributed by atoms with Gasteiger partial charge < -0.3 is 5.32 Å². The van der Waals surface area contributed by atoms with Crippen LogP contribution in [-0.4, -0.2) is 64.4 Å². The van der Waals surface area contributed by atoms with Crippen LogP contribution in [0.4, 0.5) is 5.82 Å². The molecule has 0 unspecified atom stereocenters. The van der Waals surface area contributed by atoms with Crippen LogP contribution in [0.15, 0.2) is 42.2 Å². The Balaban J connectivity index is 1.41. The molecule has 0 radical (unpaired) electrons. The highest BCUT2D eigenvalue weighted by atomic mass is 32.1. The first-order chi connectivity index (χ1) is 13.6. The van der Waals surface area contributed by atoms with E-state index in [1.165, 1.54) is 0 Å². The summed E-state index contributed by atoms with van der Waals surface area (Å²) in [7, 11) is 0. The lowest BCUT2D eigenvalue weighted by Crippen LogP contribution is -2.50. The molecule has 0 aliphatic carbocycles. The Bertz CT molecular complexity index is 949. The zero-order valence-electron chi connectivity index (χ0n) is 16.3. The standard InChI is InChI=1S/C21H25N5OS/c1-15(2)26-7-5-25(6-8-26)13-21(27)24-20-10-18-9-16(19-12-22-14-28-19)3-4-17(18)11-23-20/h3-4,9-12,14-15H,5-8,13H2,1-2H3,(H,23,24,27). The Morgan fingerprint density at radius 3 is 2.68 bits per heavy atom. The van der Waals surface area contributed by atoms with E-state index in [9.17, 15) is 4.79 Å². The van der Waals surface area contributed by atoms with Gasteiger partial charge in [-0.15, -0.1) is 11.3 Å². The van der Waals surface area contributed by atoms with Gasteiger partial charge in [-0.05, 0) is 36.9 Å². The Morgan fingerprint density at radius 1 is 1.14 bits per heavy atom. The Labute approximate surface area is 169 Å². The van der Waals surface area contributed by atoms with E-state index in [1.54, 1.807) is 11.3 Å². The maximum Gasteiger partial charge on any atom is 0.239 e. The van der Waals surface area contributed by atoms with Gasteiger partial charge in [-0.2, -0.15) is 0 Å². The fourth-order valence-electron chi connectivity index (χ4n) is 3.54. The molecule has 2 aromatic heterocycles. The van der Waals surface area contributed by atoms with E-state index in [2.05, 4.69) is 57.1 Å². The lowest BCUT2D eigenvalue weighted by atomic mass is 10.1. The van der Waals surface area contributed by atoms with E-state index < -0.39 is 0 Å². The van der Waals surface area contributed by atoms with Crippen LogP contribution < -0.4 is 5.32 Å². The van der Waals surface area contributed by atoms with E-state index in [0.717, 1.165) is 47.4 Å². The maximum absolute atomic E-state index is 12.5. The van der Waals surface area contributed by atoms with Crippen molar-refractivity contribution in [1.29, 1.82) is 0 Å². The quantitative estimate of drug-likeness (QED) is 0.718. The monoisotopic (exact) mass is 395 g/mol. The number of pyridine rings is 1. The van der Waals surface area contributed by atoms with E-state index in [-0.39, 0.29) is 5.91 Å². The summed E-state index contributed by atoms with van der Waals surface area (Å²) in [6.45, 7) is 8.72. The zero-order chi connectivity index (χ0) is 19.5. The van der Waals surface area contributed by atoms with Crippen LogP contribution in [0.5, 0.6) is 0 Å². The lowest BCUT2D eigenvalue weighted by Gasteiger charge is -2.36. The van der Waals surface area contributed by atoms with E-state index >= 15 is 0 Å². The van der Waals surface area contributed by atoms with Gasteiger partial charge in [0.2, 0.25) is 5.91 Å². The van der Waals surface area contributed by atoms with Crippen molar-refractivity contribution < 1.29 is 4.79 Å². The molecule has 28 heavy (non-hydrogen) atoms. The number of amides is 1. The van der Waals surface area contributed by atoms with Crippen molar-refractivity contribution in [1.82, 2.24) is 19.8 Å². The van der Waals surface area contributed by atoms with E-state index in [0.29, 0.717) is 18.4 Å². The van der Waals surface area contributed by atoms with Gasteiger partial charge in [-0.25, -0.2) is 4.98 Å². The summed E-state index contributed by atoms with van der Waals surface area (Å²) in [4.78, 5) is 26.8. The molecule has 3 heterocycles.